The second-order valence-electron chi connectivity index (χ2n) is 10.00. The lowest BCUT2D eigenvalue weighted by Crippen LogP contribution is -2.45. The number of methoxy groups -OCH3 is 2. The number of hydrogen-bond donors (Lipinski definition) is 3. The van der Waals surface area contributed by atoms with Gasteiger partial charge < -0.3 is 30.3 Å². The largest absolute Gasteiger partial charge is 0.493 e. The molecule has 3 N–H and O–H groups in total. The predicted octanol–water partition coefficient (Wildman–Crippen LogP) is 4.35. The number of unbranched alkanes of at least 4 members (excludes halogenated alkanes) is 1. The SMILES string of the molecule is C=CC(=O)NCCCCNc1nc(NC2CCN(C3CCCCC3)CC2)c2cc(OC)c(OC)cc2n1. The van der Waals surface area contributed by atoms with E-state index in [-0.39, 0.29) is 5.91 Å². The minimum atomic E-state index is -0.143. The lowest BCUT2D eigenvalue weighted by molar-refractivity contribution is -0.116. The summed E-state index contributed by atoms with van der Waals surface area (Å²) >= 11 is 0. The highest BCUT2D eigenvalue weighted by Crippen LogP contribution is 2.35. The van der Waals surface area contributed by atoms with Gasteiger partial charge >= 0.3 is 0 Å². The van der Waals surface area contributed by atoms with Crippen molar-refractivity contribution in [2.24, 2.45) is 0 Å². The topological polar surface area (TPSA) is 101 Å². The summed E-state index contributed by atoms with van der Waals surface area (Å²) < 4.78 is 11.1. The number of fused-ring (bicyclic) bond motifs is 1. The van der Waals surface area contributed by atoms with E-state index in [1.807, 2.05) is 12.1 Å². The standard InChI is InChI=1S/C28H42N6O3/c1-4-26(35)29-14-8-9-15-30-28-32-23-19-25(37-3)24(36-2)18-22(23)27(33-28)31-20-12-16-34(17-13-20)21-10-6-5-7-11-21/h4,18-21H,1,5-17H2,2-3H3,(H,29,35)(H2,30,31,32,33). The van der Waals surface area contributed by atoms with Gasteiger partial charge in [-0.2, -0.15) is 4.98 Å². The highest BCUT2D eigenvalue weighted by Gasteiger charge is 2.27. The van der Waals surface area contributed by atoms with E-state index in [1.54, 1.807) is 14.2 Å². The van der Waals surface area contributed by atoms with Crippen molar-refractivity contribution in [2.45, 2.75) is 69.9 Å². The van der Waals surface area contributed by atoms with Crippen LogP contribution in [-0.2, 0) is 4.79 Å². The Labute approximate surface area is 220 Å². The summed E-state index contributed by atoms with van der Waals surface area (Å²) in [7, 11) is 3.28. The number of carbonyl (C=O) groups excluding carboxylic acids is 1. The van der Waals surface area contributed by atoms with Crippen LogP contribution >= 0.6 is 0 Å². The smallest absolute Gasteiger partial charge is 0.243 e. The lowest BCUT2D eigenvalue weighted by atomic mass is 9.92. The van der Waals surface area contributed by atoms with Gasteiger partial charge in [0.2, 0.25) is 11.9 Å². The van der Waals surface area contributed by atoms with Crippen molar-refractivity contribution in [3.63, 3.8) is 0 Å². The number of nitrogens with one attached hydrogen (secondary N) is 3. The number of rotatable bonds is 12. The van der Waals surface area contributed by atoms with Crippen LogP contribution in [0.5, 0.6) is 11.5 Å². The Kier molecular flexibility index (Phi) is 9.82. The normalized spacial score (nSPS) is 17.4. The Balaban J connectivity index is 1.44. The number of ether oxygens (including phenoxy) is 2. The summed E-state index contributed by atoms with van der Waals surface area (Å²) in [6, 6.07) is 5.00. The Morgan fingerprint density at radius 2 is 1.73 bits per heavy atom. The van der Waals surface area contributed by atoms with Gasteiger partial charge in [-0.1, -0.05) is 25.8 Å². The van der Waals surface area contributed by atoms with Gasteiger partial charge in [-0.3, -0.25) is 4.79 Å². The molecule has 202 valence electrons. The maximum atomic E-state index is 11.3. The predicted molar refractivity (Wildman–Crippen MR) is 149 cm³/mol. The molecule has 2 aliphatic rings. The van der Waals surface area contributed by atoms with Crippen molar-refractivity contribution in [1.82, 2.24) is 20.2 Å². The summed E-state index contributed by atoms with van der Waals surface area (Å²) in [6.07, 6.45) is 12.1. The first-order chi connectivity index (χ1) is 18.1. The summed E-state index contributed by atoms with van der Waals surface area (Å²) in [5, 5.41) is 10.8. The Hall–Kier alpha value is -3.07. The fourth-order valence-corrected chi connectivity index (χ4v) is 5.43. The molecule has 4 rings (SSSR count). The first-order valence-corrected chi connectivity index (χ1v) is 13.7. The molecule has 1 aliphatic carbocycles. The van der Waals surface area contributed by atoms with Crippen LogP contribution in [0.15, 0.2) is 24.8 Å². The molecule has 1 aliphatic heterocycles. The van der Waals surface area contributed by atoms with Gasteiger partial charge in [0.25, 0.3) is 0 Å². The highest BCUT2D eigenvalue weighted by atomic mass is 16.5. The van der Waals surface area contributed by atoms with E-state index in [2.05, 4.69) is 27.4 Å². The minimum absolute atomic E-state index is 0.143. The van der Waals surface area contributed by atoms with Gasteiger partial charge in [0.15, 0.2) is 11.5 Å². The van der Waals surface area contributed by atoms with Crippen molar-refractivity contribution in [1.29, 1.82) is 0 Å². The maximum Gasteiger partial charge on any atom is 0.243 e. The summed E-state index contributed by atoms with van der Waals surface area (Å²) in [4.78, 5) is 23.6. The number of aromatic nitrogens is 2. The first-order valence-electron chi connectivity index (χ1n) is 13.7. The van der Waals surface area contributed by atoms with Crippen molar-refractivity contribution >= 4 is 28.6 Å². The van der Waals surface area contributed by atoms with Crippen LogP contribution in [0.25, 0.3) is 10.9 Å². The molecular weight excluding hydrogens is 468 g/mol. The molecule has 0 unspecified atom stereocenters. The monoisotopic (exact) mass is 510 g/mol. The van der Waals surface area contributed by atoms with Gasteiger partial charge in [0.1, 0.15) is 5.82 Å². The number of nitrogens with zero attached hydrogens (tertiary/aromatic N) is 3. The van der Waals surface area contributed by atoms with Gasteiger partial charge in [0, 0.05) is 49.7 Å². The van der Waals surface area contributed by atoms with Crippen molar-refractivity contribution in [2.75, 3.05) is 51.0 Å². The maximum absolute atomic E-state index is 11.3. The third-order valence-corrected chi connectivity index (χ3v) is 7.53. The molecule has 0 bridgehead atoms. The molecule has 1 aromatic carbocycles. The van der Waals surface area contributed by atoms with Gasteiger partial charge in [-0.05, 0) is 50.7 Å². The summed E-state index contributed by atoms with van der Waals surface area (Å²) in [6.45, 7) is 7.07. The fraction of sp³-hybridized carbons (Fsp3) is 0.607. The Morgan fingerprint density at radius 1 is 1.03 bits per heavy atom. The minimum Gasteiger partial charge on any atom is -0.493 e. The molecule has 1 saturated carbocycles. The van der Waals surface area contributed by atoms with E-state index < -0.39 is 0 Å². The molecule has 1 saturated heterocycles. The van der Waals surface area contributed by atoms with Gasteiger partial charge in [-0.15, -0.1) is 0 Å². The molecular formula is C28H42N6O3. The lowest BCUT2D eigenvalue weighted by Gasteiger charge is -2.39. The average molecular weight is 511 g/mol. The second kappa shape index (κ2) is 13.5. The van der Waals surface area contributed by atoms with Crippen LogP contribution in [0.3, 0.4) is 0 Å². The van der Waals surface area contributed by atoms with Crippen LogP contribution < -0.4 is 25.4 Å². The summed E-state index contributed by atoms with van der Waals surface area (Å²) in [5.74, 6) is 2.57. The number of likely N-dealkylation sites (tertiary alicyclic amines) is 1. The fourth-order valence-electron chi connectivity index (χ4n) is 5.43. The molecule has 0 radical (unpaired) electrons. The number of piperidine rings is 1. The van der Waals surface area contributed by atoms with Crippen molar-refractivity contribution in [3.05, 3.63) is 24.8 Å². The summed E-state index contributed by atoms with van der Waals surface area (Å²) in [5.41, 5.74) is 0.801. The van der Waals surface area contributed by atoms with Gasteiger partial charge in [0.05, 0.1) is 19.7 Å². The number of anilines is 2. The van der Waals surface area contributed by atoms with E-state index in [0.717, 1.165) is 61.5 Å². The average Bonchev–Trinajstić information content (AvgIpc) is 2.94. The molecule has 2 aromatic rings. The van der Waals surface area contributed by atoms with E-state index in [4.69, 9.17) is 19.4 Å². The molecule has 0 atom stereocenters. The molecule has 1 aromatic heterocycles. The van der Waals surface area contributed by atoms with E-state index in [9.17, 15) is 4.79 Å². The van der Waals surface area contributed by atoms with Crippen LogP contribution in [-0.4, -0.2) is 73.3 Å². The number of carbonyl (C=O) groups is 1. The molecule has 9 heteroatoms. The molecule has 1 amide bonds. The Bertz CT molecular complexity index is 1050. The zero-order chi connectivity index (χ0) is 26.0. The van der Waals surface area contributed by atoms with Crippen LogP contribution in [0.4, 0.5) is 11.8 Å². The van der Waals surface area contributed by atoms with Crippen LogP contribution in [0.1, 0.15) is 57.8 Å². The molecule has 2 fully saturated rings. The van der Waals surface area contributed by atoms with Gasteiger partial charge in [-0.25, -0.2) is 4.98 Å². The third-order valence-electron chi connectivity index (χ3n) is 7.53. The molecule has 9 nitrogen and oxygen atoms in total. The van der Waals surface area contributed by atoms with Crippen molar-refractivity contribution < 1.29 is 14.3 Å². The highest BCUT2D eigenvalue weighted by molar-refractivity contribution is 5.92. The van der Waals surface area contributed by atoms with Crippen molar-refractivity contribution in [3.8, 4) is 11.5 Å². The number of benzene rings is 1. The number of amides is 1. The second-order valence-corrected chi connectivity index (χ2v) is 10.00. The molecule has 37 heavy (non-hydrogen) atoms. The van der Waals surface area contributed by atoms with Crippen LogP contribution in [0.2, 0.25) is 0 Å². The first kappa shape index (κ1) is 27.0. The van der Waals surface area contributed by atoms with E-state index in [1.165, 1.54) is 38.2 Å². The zero-order valence-corrected chi connectivity index (χ0v) is 22.4. The number of hydrogen-bond acceptors (Lipinski definition) is 8. The Morgan fingerprint density at radius 3 is 2.43 bits per heavy atom. The molecule has 2 heterocycles. The quantitative estimate of drug-likeness (QED) is 0.286. The third kappa shape index (κ3) is 7.25. The zero-order valence-electron chi connectivity index (χ0n) is 22.4. The van der Waals surface area contributed by atoms with E-state index in [0.29, 0.717) is 36.6 Å². The van der Waals surface area contributed by atoms with E-state index >= 15 is 0 Å². The molecule has 0 spiro atoms. The van der Waals surface area contributed by atoms with Crippen LogP contribution in [0, 0.1) is 0 Å².